The lowest BCUT2D eigenvalue weighted by Gasteiger charge is -2.22. The molecule has 2 nitrogen and oxygen atoms in total. The summed E-state index contributed by atoms with van der Waals surface area (Å²) in [7, 11) is 0. The molecule has 2 N–H and O–H groups in total. The average Bonchev–Trinajstić information content (AvgIpc) is 2.64. The highest BCUT2D eigenvalue weighted by molar-refractivity contribution is 7.80. The molecule has 0 aliphatic heterocycles. The van der Waals surface area contributed by atoms with Crippen molar-refractivity contribution in [2.45, 2.75) is 13.0 Å². The van der Waals surface area contributed by atoms with Gasteiger partial charge in [0, 0.05) is 10.7 Å². The maximum Gasteiger partial charge on any atom is 0.171 e. The van der Waals surface area contributed by atoms with Crippen molar-refractivity contribution in [1.29, 1.82) is 0 Å². The molecular formula is C21H19ClN2S. The van der Waals surface area contributed by atoms with Crippen LogP contribution in [-0.4, -0.2) is 5.11 Å². The van der Waals surface area contributed by atoms with Crippen LogP contribution in [0.15, 0.2) is 78.9 Å². The fourth-order valence-electron chi connectivity index (χ4n) is 2.67. The number of benzene rings is 3. The van der Waals surface area contributed by atoms with Gasteiger partial charge in [-0.15, -0.1) is 0 Å². The second kappa shape index (κ2) is 8.15. The number of nitrogens with one attached hydrogen (secondary N) is 2. The molecule has 0 bridgehead atoms. The molecule has 0 amide bonds. The third kappa shape index (κ3) is 4.59. The molecule has 4 heteroatoms. The molecule has 0 aliphatic rings. The molecule has 0 unspecified atom stereocenters. The van der Waals surface area contributed by atoms with E-state index in [0.717, 1.165) is 22.4 Å². The first-order chi connectivity index (χ1) is 12.1. The van der Waals surface area contributed by atoms with Crippen LogP contribution in [0.25, 0.3) is 0 Å². The van der Waals surface area contributed by atoms with Crippen molar-refractivity contribution in [2.75, 3.05) is 5.32 Å². The second-order valence-corrected chi connectivity index (χ2v) is 6.66. The molecule has 0 saturated heterocycles. The van der Waals surface area contributed by atoms with Gasteiger partial charge in [-0.2, -0.15) is 0 Å². The van der Waals surface area contributed by atoms with Crippen LogP contribution < -0.4 is 10.6 Å². The number of halogens is 1. The highest BCUT2D eigenvalue weighted by Gasteiger charge is 2.15. The van der Waals surface area contributed by atoms with Gasteiger partial charge in [-0.3, -0.25) is 0 Å². The fraction of sp³-hybridized carbons (Fsp3) is 0.0952. The summed E-state index contributed by atoms with van der Waals surface area (Å²) in [6.07, 6.45) is 0. The van der Waals surface area contributed by atoms with Gasteiger partial charge in [0.15, 0.2) is 5.11 Å². The summed E-state index contributed by atoms with van der Waals surface area (Å²) >= 11 is 11.6. The summed E-state index contributed by atoms with van der Waals surface area (Å²) in [6, 6.07) is 26.2. The molecule has 0 saturated carbocycles. The van der Waals surface area contributed by atoms with Crippen LogP contribution in [0.2, 0.25) is 5.02 Å². The van der Waals surface area contributed by atoms with Gasteiger partial charge in [-0.05, 0) is 48.0 Å². The van der Waals surface area contributed by atoms with Crippen LogP contribution in [0.4, 0.5) is 5.69 Å². The van der Waals surface area contributed by atoms with Gasteiger partial charge in [0.25, 0.3) is 0 Å². The second-order valence-electron chi connectivity index (χ2n) is 5.81. The Hall–Kier alpha value is -2.36. The Morgan fingerprint density at radius 3 is 2.00 bits per heavy atom. The predicted octanol–water partition coefficient (Wildman–Crippen LogP) is 5.72. The van der Waals surface area contributed by atoms with Crippen LogP contribution in [0.1, 0.15) is 22.7 Å². The molecule has 0 aliphatic carbocycles. The molecule has 0 radical (unpaired) electrons. The van der Waals surface area contributed by atoms with Crippen molar-refractivity contribution >= 4 is 34.6 Å². The standard InChI is InChI=1S/C21H19ClN2S/c1-15-12-13-18(22)14-19(15)23-21(25)24-20(16-8-4-2-5-9-16)17-10-6-3-7-11-17/h2-14,20H,1H3,(H2,23,24,25). The van der Waals surface area contributed by atoms with Gasteiger partial charge >= 0.3 is 0 Å². The first kappa shape index (κ1) is 17.5. The summed E-state index contributed by atoms with van der Waals surface area (Å²) in [5.74, 6) is 0. The normalized spacial score (nSPS) is 10.5. The lowest BCUT2D eigenvalue weighted by molar-refractivity contribution is 0.768. The zero-order chi connectivity index (χ0) is 17.6. The summed E-state index contributed by atoms with van der Waals surface area (Å²) in [5, 5.41) is 7.92. The SMILES string of the molecule is Cc1ccc(Cl)cc1NC(=S)NC(c1ccccc1)c1ccccc1. The Kier molecular flexibility index (Phi) is 5.69. The molecule has 3 rings (SSSR count). The fourth-order valence-corrected chi connectivity index (χ4v) is 3.07. The number of rotatable bonds is 4. The van der Waals surface area contributed by atoms with E-state index < -0.39 is 0 Å². The number of aryl methyl sites for hydroxylation is 1. The van der Waals surface area contributed by atoms with Crippen molar-refractivity contribution in [3.63, 3.8) is 0 Å². The topological polar surface area (TPSA) is 24.1 Å². The lowest BCUT2D eigenvalue weighted by atomic mass is 9.99. The predicted molar refractivity (Wildman–Crippen MR) is 110 cm³/mol. The zero-order valence-corrected chi connectivity index (χ0v) is 15.4. The quantitative estimate of drug-likeness (QED) is 0.577. The lowest BCUT2D eigenvalue weighted by Crippen LogP contribution is -2.33. The van der Waals surface area contributed by atoms with Gasteiger partial charge in [0.05, 0.1) is 6.04 Å². The largest absolute Gasteiger partial charge is 0.352 e. The molecule has 126 valence electrons. The van der Waals surface area contributed by atoms with E-state index in [1.54, 1.807) is 0 Å². The number of thiocarbonyl (C=S) groups is 1. The van der Waals surface area contributed by atoms with Gasteiger partial charge in [0.2, 0.25) is 0 Å². The molecule has 0 atom stereocenters. The maximum absolute atomic E-state index is 6.09. The smallest absolute Gasteiger partial charge is 0.171 e. The minimum atomic E-state index is -0.0260. The Morgan fingerprint density at radius 2 is 1.44 bits per heavy atom. The van der Waals surface area contributed by atoms with Gasteiger partial charge in [-0.1, -0.05) is 78.3 Å². The monoisotopic (exact) mass is 366 g/mol. The van der Waals surface area contributed by atoms with Crippen molar-refractivity contribution in [1.82, 2.24) is 5.32 Å². The maximum atomic E-state index is 6.09. The summed E-state index contributed by atoms with van der Waals surface area (Å²) in [5.41, 5.74) is 4.30. The highest BCUT2D eigenvalue weighted by Crippen LogP contribution is 2.23. The van der Waals surface area contributed by atoms with Crippen LogP contribution >= 0.6 is 23.8 Å². The van der Waals surface area contributed by atoms with Crippen molar-refractivity contribution in [3.8, 4) is 0 Å². The van der Waals surface area contributed by atoms with Crippen LogP contribution in [0, 0.1) is 6.92 Å². The van der Waals surface area contributed by atoms with E-state index >= 15 is 0 Å². The van der Waals surface area contributed by atoms with E-state index in [2.05, 4.69) is 34.9 Å². The minimum Gasteiger partial charge on any atom is -0.352 e. The zero-order valence-electron chi connectivity index (χ0n) is 13.9. The van der Waals surface area contributed by atoms with E-state index in [1.165, 1.54) is 0 Å². The Balaban J connectivity index is 1.83. The van der Waals surface area contributed by atoms with E-state index in [4.69, 9.17) is 23.8 Å². The molecule has 0 heterocycles. The summed E-state index contributed by atoms with van der Waals surface area (Å²) < 4.78 is 0. The van der Waals surface area contributed by atoms with Gasteiger partial charge in [0.1, 0.15) is 0 Å². The highest BCUT2D eigenvalue weighted by atomic mass is 35.5. The van der Waals surface area contributed by atoms with Crippen molar-refractivity contribution in [3.05, 3.63) is 101 Å². The third-order valence-corrected chi connectivity index (χ3v) is 4.44. The van der Waals surface area contributed by atoms with Gasteiger partial charge in [-0.25, -0.2) is 0 Å². The molecule has 3 aromatic carbocycles. The minimum absolute atomic E-state index is 0.0260. The molecule has 0 spiro atoms. The molecule has 0 fully saturated rings. The average molecular weight is 367 g/mol. The van der Waals surface area contributed by atoms with E-state index in [1.807, 2.05) is 61.5 Å². The van der Waals surface area contributed by atoms with Crippen molar-refractivity contribution in [2.24, 2.45) is 0 Å². The van der Waals surface area contributed by atoms with Crippen LogP contribution in [0.5, 0.6) is 0 Å². The van der Waals surface area contributed by atoms with Crippen LogP contribution in [0.3, 0.4) is 0 Å². The van der Waals surface area contributed by atoms with E-state index in [0.29, 0.717) is 10.1 Å². The number of anilines is 1. The Morgan fingerprint density at radius 1 is 0.880 bits per heavy atom. The van der Waals surface area contributed by atoms with E-state index in [9.17, 15) is 0 Å². The van der Waals surface area contributed by atoms with Crippen molar-refractivity contribution < 1.29 is 0 Å². The molecule has 0 aromatic heterocycles. The molecule has 25 heavy (non-hydrogen) atoms. The summed E-state index contributed by atoms with van der Waals surface area (Å²) in [4.78, 5) is 0. The van der Waals surface area contributed by atoms with E-state index in [-0.39, 0.29) is 6.04 Å². The first-order valence-corrected chi connectivity index (χ1v) is 8.85. The van der Waals surface area contributed by atoms with Crippen LogP contribution in [-0.2, 0) is 0 Å². The number of hydrogen-bond donors (Lipinski definition) is 2. The number of hydrogen-bond acceptors (Lipinski definition) is 1. The first-order valence-electron chi connectivity index (χ1n) is 8.07. The summed E-state index contributed by atoms with van der Waals surface area (Å²) in [6.45, 7) is 2.02. The molecule has 3 aromatic rings. The Labute approximate surface area is 158 Å². The van der Waals surface area contributed by atoms with Gasteiger partial charge < -0.3 is 10.6 Å². The molecular weight excluding hydrogens is 348 g/mol. The third-order valence-electron chi connectivity index (χ3n) is 3.99. The Bertz CT molecular complexity index is 811.